The van der Waals surface area contributed by atoms with Crippen LogP contribution in [0.3, 0.4) is 0 Å². The number of carbonyl (C=O) groups excluding carboxylic acids is 1. The van der Waals surface area contributed by atoms with Crippen LogP contribution in [0.25, 0.3) is 20.9 Å². The summed E-state index contributed by atoms with van der Waals surface area (Å²) in [4.78, 5) is 22.8. The van der Waals surface area contributed by atoms with Gasteiger partial charge in [0.05, 0.1) is 5.69 Å². The first kappa shape index (κ1) is 15.8. The minimum absolute atomic E-state index is 0.196. The zero-order valence-corrected chi connectivity index (χ0v) is 15.1. The molecular formula is C17H13N5OS2. The van der Waals surface area contributed by atoms with Crippen LogP contribution in [-0.4, -0.2) is 25.5 Å². The summed E-state index contributed by atoms with van der Waals surface area (Å²) in [6, 6.07) is 9.73. The second kappa shape index (κ2) is 6.30. The third-order valence-electron chi connectivity index (χ3n) is 3.76. The largest absolute Gasteiger partial charge is 0.321 e. The molecule has 4 aromatic rings. The zero-order chi connectivity index (χ0) is 17.4. The van der Waals surface area contributed by atoms with E-state index in [2.05, 4.69) is 24.9 Å². The van der Waals surface area contributed by atoms with E-state index >= 15 is 0 Å². The van der Waals surface area contributed by atoms with E-state index in [1.54, 1.807) is 13.1 Å². The summed E-state index contributed by atoms with van der Waals surface area (Å²) in [6.07, 6.45) is 1.76. The molecule has 0 bridgehead atoms. The fourth-order valence-corrected chi connectivity index (χ4v) is 3.86. The van der Waals surface area contributed by atoms with Crippen molar-refractivity contribution < 1.29 is 4.79 Å². The topological polar surface area (TPSA) is 80.7 Å². The number of benzene rings is 1. The molecule has 0 atom stereocenters. The van der Waals surface area contributed by atoms with Crippen LogP contribution in [0.15, 0.2) is 36.5 Å². The van der Waals surface area contributed by atoms with Crippen LogP contribution >= 0.6 is 22.9 Å². The standard InChI is InChI=1S/C17H13N5OS2/c1-9-5-6-11(16-20-12-4-3-7-18-17(12)24-16)8-13(9)19-15(23)14-10(2)21-22-25-14/h3-8H,1-2H3,(H,19,23). The molecule has 1 amide bonds. The molecule has 4 rings (SSSR count). The number of anilines is 1. The maximum Gasteiger partial charge on any atom is 0.269 e. The van der Waals surface area contributed by atoms with E-state index in [1.807, 2.05) is 37.3 Å². The molecule has 0 radical (unpaired) electrons. The molecule has 25 heavy (non-hydrogen) atoms. The highest BCUT2D eigenvalue weighted by Gasteiger charge is 2.15. The van der Waals surface area contributed by atoms with Crippen LogP contribution in [-0.2, 0) is 0 Å². The molecule has 6 nitrogen and oxygen atoms in total. The number of amides is 1. The van der Waals surface area contributed by atoms with Crippen molar-refractivity contribution in [3.63, 3.8) is 0 Å². The first-order valence-corrected chi connectivity index (χ1v) is 9.13. The lowest BCUT2D eigenvalue weighted by Gasteiger charge is -2.09. The van der Waals surface area contributed by atoms with Crippen molar-refractivity contribution in [3.05, 3.63) is 52.7 Å². The molecule has 3 aromatic heterocycles. The normalized spacial score (nSPS) is 11.0. The number of nitrogens with zero attached hydrogens (tertiary/aromatic N) is 4. The lowest BCUT2D eigenvalue weighted by Crippen LogP contribution is -2.12. The number of hydrogen-bond acceptors (Lipinski definition) is 7. The number of pyridine rings is 1. The van der Waals surface area contributed by atoms with E-state index in [1.165, 1.54) is 11.3 Å². The average Bonchev–Trinajstić information content (AvgIpc) is 3.22. The molecule has 0 aliphatic carbocycles. The fourth-order valence-electron chi connectivity index (χ4n) is 2.40. The molecular weight excluding hydrogens is 354 g/mol. The van der Waals surface area contributed by atoms with Gasteiger partial charge >= 0.3 is 0 Å². The van der Waals surface area contributed by atoms with Gasteiger partial charge in [0.25, 0.3) is 5.91 Å². The summed E-state index contributed by atoms with van der Waals surface area (Å²) in [5.41, 5.74) is 4.19. The van der Waals surface area contributed by atoms with Gasteiger partial charge in [-0.25, -0.2) is 9.97 Å². The van der Waals surface area contributed by atoms with Gasteiger partial charge in [0.2, 0.25) is 0 Å². The van der Waals surface area contributed by atoms with E-state index in [9.17, 15) is 4.79 Å². The number of fused-ring (bicyclic) bond motifs is 1. The molecule has 1 N–H and O–H groups in total. The van der Waals surface area contributed by atoms with Gasteiger partial charge < -0.3 is 5.32 Å². The summed E-state index contributed by atoms with van der Waals surface area (Å²) in [5.74, 6) is -0.196. The Kier molecular flexibility index (Phi) is 3.98. The number of hydrogen-bond donors (Lipinski definition) is 1. The van der Waals surface area contributed by atoms with E-state index < -0.39 is 0 Å². The van der Waals surface area contributed by atoms with Crippen molar-refractivity contribution >= 4 is 44.8 Å². The van der Waals surface area contributed by atoms with Crippen molar-refractivity contribution in [1.82, 2.24) is 19.6 Å². The summed E-state index contributed by atoms with van der Waals surface area (Å²) in [5, 5.41) is 7.71. The molecule has 1 aromatic carbocycles. The Balaban J connectivity index is 1.69. The highest BCUT2D eigenvalue weighted by Crippen LogP contribution is 2.31. The first-order chi connectivity index (χ1) is 12.1. The second-order valence-electron chi connectivity index (χ2n) is 5.52. The SMILES string of the molecule is Cc1ccc(-c2nc3cccnc3s2)cc1NC(=O)c1snnc1C. The number of nitrogens with one attached hydrogen (secondary N) is 1. The van der Waals surface area contributed by atoms with Crippen molar-refractivity contribution in [2.75, 3.05) is 5.32 Å². The molecule has 0 aliphatic rings. The Morgan fingerprint density at radius 2 is 2.08 bits per heavy atom. The molecule has 0 unspecified atom stereocenters. The molecule has 0 saturated heterocycles. The van der Waals surface area contributed by atoms with E-state index in [0.717, 1.165) is 43.7 Å². The summed E-state index contributed by atoms with van der Waals surface area (Å²) in [7, 11) is 0. The summed E-state index contributed by atoms with van der Waals surface area (Å²) in [6.45, 7) is 3.73. The van der Waals surface area contributed by atoms with Gasteiger partial charge in [0.1, 0.15) is 20.2 Å². The quantitative estimate of drug-likeness (QED) is 0.590. The van der Waals surface area contributed by atoms with E-state index in [0.29, 0.717) is 10.6 Å². The Hall–Kier alpha value is -2.71. The Labute approximate surface area is 151 Å². The third-order valence-corrected chi connectivity index (χ3v) is 5.61. The Morgan fingerprint density at radius 1 is 1.20 bits per heavy atom. The molecule has 0 spiro atoms. The van der Waals surface area contributed by atoms with Gasteiger partial charge in [-0.3, -0.25) is 4.79 Å². The molecule has 0 aliphatic heterocycles. The highest BCUT2D eigenvalue weighted by molar-refractivity contribution is 7.21. The van der Waals surface area contributed by atoms with E-state index in [-0.39, 0.29) is 5.91 Å². The number of aromatic nitrogens is 4. The van der Waals surface area contributed by atoms with Crippen molar-refractivity contribution in [2.24, 2.45) is 0 Å². The van der Waals surface area contributed by atoms with Crippen LogP contribution in [0, 0.1) is 13.8 Å². The van der Waals surface area contributed by atoms with Gasteiger partial charge in [0, 0.05) is 17.4 Å². The lowest BCUT2D eigenvalue weighted by atomic mass is 10.1. The van der Waals surface area contributed by atoms with Gasteiger partial charge in [-0.1, -0.05) is 28.0 Å². The highest BCUT2D eigenvalue weighted by atomic mass is 32.1. The van der Waals surface area contributed by atoms with Crippen LogP contribution in [0.2, 0.25) is 0 Å². The van der Waals surface area contributed by atoms with Crippen LogP contribution < -0.4 is 5.32 Å². The van der Waals surface area contributed by atoms with Crippen molar-refractivity contribution in [1.29, 1.82) is 0 Å². The minimum Gasteiger partial charge on any atom is -0.321 e. The average molecular weight is 367 g/mol. The van der Waals surface area contributed by atoms with Crippen LogP contribution in [0.1, 0.15) is 20.9 Å². The second-order valence-corrected chi connectivity index (χ2v) is 7.25. The number of rotatable bonds is 3. The van der Waals surface area contributed by atoms with Crippen molar-refractivity contribution in [3.8, 4) is 10.6 Å². The van der Waals surface area contributed by atoms with Crippen LogP contribution in [0.4, 0.5) is 5.69 Å². The van der Waals surface area contributed by atoms with E-state index in [4.69, 9.17) is 0 Å². The van der Waals surface area contributed by atoms with Gasteiger partial charge in [-0.05, 0) is 49.1 Å². The predicted molar refractivity (Wildman–Crippen MR) is 100 cm³/mol. The number of carbonyl (C=O) groups is 1. The minimum atomic E-state index is -0.196. The lowest BCUT2D eigenvalue weighted by molar-refractivity contribution is 0.102. The number of aryl methyl sites for hydroxylation is 2. The molecule has 0 saturated carbocycles. The number of thiazole rings is 1. The molecule has 0 fully saturated rings. The maximum absolute atomic E-state index is 12.4. The predicted octanol–water partition coefficient (Wildman–Crippen LogP) is 4.08. The van der Waals surface area contributed by atoms with Gasteiger partial charge in [0.15, 0.2) is 0 Å². The molecule has 124 valence electrons. The van der Waals surface area contributed by atoms with Gasteiger partial charge in [-0.2, -0.15) is 0 Å². The Bertz CT molecular complexity index is 1050. The smallest absolute Gasteiger partial charge is 0.269 e. The molecule has 3 heterocycles. The first-order valence-electron chi connectivity index (χ1n) is 7.55. The fraction of sp³-hybridized carbons (Fsp3) is 0.118. The van der Waals surface area contributed by atoms with Crippen molar-refractivity contribution in [2.45, 2.75) is 13.8 Å². The summed E-state index contributed by atoms with van der Waals surface area (Å²) < 4.78 is 3.81. The van der Waals surface area contributed by atoms with Crippen LogP contribution in [0.5, 0.6) is 0 Å². The van der Waals surface area contributed by atoms with Gasteiger partial charge in [-0.15, -0.1) is 5.10 Å². The summed E-state index contributed by atoms with van der Waals surface area (Å²) >= 11 is 2.63. The Morgan fingerprint density at radius 3 is 2.84 bits per heavy atom. The monoisotopic (exact) mass is 367 g/mol. The molecule has 8 heteroatoms. The third kappa shape index (κ3) is 3.01. The zero-order valence-electron chi connectivity index (χ0n) is 13.5. The maximum atomic E-state index is 12.4.